The smallest absolute Gasteiger partial charge is 0.259 e. The van der Waals surface area contributed by atoms with E-state index in [0.717, 1.165) is 0 Å². The molecule has 2 aromatic rings. The van der Waals surface area contributed by atoms with Crippen LogP contribution in [0.1, 0.15) is 10.4 Å². The molecule has 0 aliphatic rings. The van der Waals surface area contributed by atoms with Crippen molar-refractivity contribution >= 4 is 34.9 Å². The molecule has 1 N–H and O–H groups in total. The SMILES string of the molecule is O=C(Nc1cc(Cl)ncn1)c1cccnc1Cl. The highest BCUT2D eigenvalue weighted by Crippen LogP contribution is 2.14. The number of hydrogen-bond donors (Lipinski definition) is 1. The van der Waals surface area contributed by atoms with Crippen LogP contribution >= 0.6 is 23.2 Å². The summed E-state index contributed by atoms with van der Waals surface area (Å²) < 4.78 is 0. The maximum atomic E-state index is 11.8. The first kappa shape index (κ1) is 11.8. The molecule has 0 aliphatic heterocycles. The monoisotopic (exact) mass is 268 g/mol. The molecule has 0 aliphatic carbocycles. The second-order valence-corrected chi connectivity index (χ2v) is 3.77. The van der Waals surface area contributed by atoms with Crippen LogP contribution in [0.15, 0.2) is 30.7 Å². The van der Waals surface area contributed by atoms with Gasteiger partial charge in [-0.1, -0.05) is 23.2 Å². The van der Waals surface area contributed by atoms with E-state index in [9.17, 15) is 4.79 Å². The molecule has 2 aromatic heterocycles. The summed E-state index contributed by atoms with van der Waals surface area (Å²) in [5, 5.41) is 2.91. The minimum atomic E-state index is -0.405. The Balaban J connectivity index is 2.20. The van der Waals surface area contributed by atoms with Gasteiger partial charge in [-0.2, -0.15) is 0 Å². The molecule has 2 rings (SSSR count). The molecule has 0 saturated heterocycles. The van der Waals surface area contributed by atoms with Crippen molar-refractivity contribution in [2.75, 3.05) is 5.32 Å². The lowest BCUT2D eigenvalue weighted by atomic mass is 10.2. The highest BCUT2D eigenvalue weighted by atomic mass is 35.5. The van der Waals surface area contributed by atoms with Crippen LogP contribution in [0.4, 0.5) is 5.82 Å². The van der Waals surface area contributed by atoms with E-state index in [4.69, 9.17) is 23.2 Å². The van der Waals surface area contributed by atoms with Crippen LogP contribution < -0.4 is 5.32 Å². The third-order valence-electron chi connectivity index (χ3n) is 1.88. The fraction of sp³-hybridized carbons (Fsp3) is 0. The number of halogens is 2. The number of aromatic nitrogens is 3. The normalized spacial score (nSPS) is 10.0. The van der Waals surface area contributed by atoms with Gasteiger partial charge in [-0.05, 0) is 12.1 Å². The number of carbonyl (C=O) groups excluding carboxylic acids is 1. The Labute approximate surface area is 107 Å². The zero-order chi connectivity index (χ0) is 12.3. The molecule has 0 radical (unpaired) electrons. The summed E-state index contributed by atoms with van der Waals surface area (Å²) in [6, 6.07) is 4.62. The molecule has 0 fully saturated rings. The molecule has 7 heteroatoms. The van der Waals surface area contributed by atoms with Crippen molar-refractivity contribution in [2.45, 2.75) is 0 Å². The molecule has 1 amide bonds. The predicted molar refractivity (Wildman–Crippen MR) is 64.2 cm³/mol. The molecule has 0 atom stereocenters. The molecular weight excluding hydrogens is 263 g/mol. The van der Waals surface area contributed by atoms with Gasteiger partial charge in [0.05, 0.1) is 5.56 Å². The Hall–Kier alpha value is -1.72. The Morgan fingerprint density at radius 3 is 2.76 bits per heavy atom. The van der Waals surface area contributed by atoms with E-state index in [-0.39, 0.29) is 15.9 Å². The average molecular weight is 269 g/mol. The maximum absolute atomic E-state index is 11.8. The summed E-state index contributed by atoms with van der Waals surface area (Å²) in [6.07, 6.45) is 2.75. The number of rotatable bonds is 2. The van der Waals surface area contributed by atoms with E-state index < -0.39 is 5.91 Å². The van der Waals surface area contributed by atoms with Gasteiger partial charge < -0.3 is 5.32 Å². The summed E-state index contributed by atoms with van der Waals surface area (Å²) in [5.74, 6) is -0.104. The Bertz CT molecular complexity index is 562. The Morgan fingerprint density at radius 2 is 2.06 bits per heavy atom. The lowest BCUT2D eigenvalue weighted by molar-refractivity contribution is 0.102. The standard InChI is InChI=1S/C10H6Cl2N4O/c11-7-4-8(15-5-14-7)16-10(17)6-2-1-3-13-9(6)12/h1-5H,(H,14,15,16,17). The number of carbonyl (C=O) groups is 1. The second kappa shape index (κ2) is 5.07. The molecule has 0 unspecified atom stereocenters. The summed E-state index contributed by atoms with van der Waals surface area (Å²) in [7, 11) is 0. The highest BCUT2D eigenvalue weighted by molar-refractivity contribution is 6.33. The molecule has 2 heterocycles. The highest BCUT2D eigenvalue weighted by Gasteiger charge is 2.11. The number of pyridine rings is 1. The van der Waals surface area contributed by atoms with Gasteiger partial charge in [0, 0.05) is 12.3 Å². The summed E-state index contributed by atoms with van der Waals surface area (Å²) in [5.41, 5.74) is 0.268. The first-order valence-electron chi connectivity index (χ1n) is 4.56. The third-order valence-corrected chi connectivity index (χ3v) is 2.39. The van der Waals surface area contributed by atoms with Crippen molar-refractivity contribution in [3.8, 4) is 0 Å². The van der Waals surface area contributed by atoms with E-state index in [2.05, 4.69) is 20.3 Å². The molecular formula is C10H6Cl2N4O. The van der Waals surface area contributed by atoms with Crippen molar-refractivity contribution < 1.29 is 4.79 Å². The van der Waals surface area contributed by atoms with Crippen molar-refractivity contribution in [1.29, 1.82) is 0 Å². The minimum absolute atomic E-state index is 0.130. The van der Waals surface area contributed by atoms with Crippen molar-refractivity contribution in [1.82, 2.24) is 15.0 Å². The zero-order valence-corrected chi connectivity index (χ0v) is 9.90. The second-order valence-electron chi connectivity index (χ2n) is 3.02. The van der Waals surface area contributed by atoms with E-state index in [1.165, 1.54) is 18.6 Å². The van der Waals surface area contributed by atoms with E-state index >= 15 is 0 Å². The summed E-state index contributed by atoms with van der Waals surface area (Å²) in [4.78, 5) is 23.2. The molecule has 17 heavy (non-hydrogen) atoms. The van der Waals surface area contributed by atoms with Gasteiger partial charge in [-0.3, -0.25) is 4.79 Å². The molecule has 5 nitrogen and oxygen atoms in total. The van der Waals surface area contributed by atoms with Crippen molar-refractivity contribution in [2.24, 2.45) is 0 Å². The summed E-state index contributed by atoms with van der Waals surface area (Å²) >= 11 is 11.5. The third kappa shape index (κ3) is 2.89. The van der Waals surface area contributed by atoms with Gasteiger partial charge in [0.2, 0.25) is 0 Å². The molecule has 0 spiro atoms. The molecule has 0 bridgehead atoms. The number of hydrogen-bond acceptors (Lipinski definition) is 4. The van der Waals surface area contributed by atoms with Gasteiger partial charge in [0.1, 0.15) is 22.5 Å². The summed E-state index contributed by atoms with van der Waals surface area (Å²) in [6.45, 7) is 0. The van der Waals surface area contributed by atoms with E-state index in [1.54, 1.807) is 12.1 Å². The number of nitrogens with one attached hydrogen (secondary N) is 1. The van der Waals surface area contributed by atoms with Crippen molar-refractivity contribution in [3.05, 3.63) is 46.6 Å². The predicted octanol–water partition coefficient (Wildman–Crippen LogP) is 2.43. The van der Waals surface area contributed by atoms with E-state index in [1.807, 2.05) is 0 Å². The molecule has 0 saturated carbocycles. The fourth-order valence-corrected chi connectivity index (χ4v) is 1.49. The van der Waals surface area contributed by atoms with Crippen LogP contribution in [0.25, 0.3) is 0 Å². The van der Waals surface area contributed by atoms with E-state index in [0.29, 0.717) is 5.82 Å². The first-order valence-corrected chi connectivity index (χ1v) is 5.32. The van der Waals surface area contributed by atoms with Crippen LogP contribution in [-0.4, -0.2) is 20.9 Å². The van der Waals surface area contributed by atoms with Crippen LogP contribution in [0, 0.1) is 0 Å². The van der Waals surface area contributed by atoms with Gasteiger partial charge >= 0.3 is 0 Å². The average Bonchev–Trinajstić information content (AvgIpc) is 2.29. The Morgan fingerprint density at radius 1 is 1.24 bits per heavy atom. The van der Waals surface area contributed by atoms with Crippen LogP contribution in [0.5, 0.6) is 0 Å². The first-order chi connectivity index (χ1) is 8.16. The number of anilines is 1. The van der Waals surface area contributed by atoms with Gasteiger partial charge in [-0.15, -0.1) is 0 Å². The van der Waals surface area contributed by atoms with Crippen LogP contribution in [0.3, 0.4) is 0 Å². The maximum Gasteiger partial charge on any atom is 0.259 e. The van der Waals surface area contributed by atoms with Crippen LogP contribution in [0.2, 0.25) is 10.3 Å². The topological polar surface area (TPSA) is 67.8 Å². The van der Waals surface area contributed by atoms with Gasteiger partial charge in [-0.25, -0.2) is 15.0 Å². The minimum Gasteiger partial charge on any atom is -0.306 e. The molecule has 86 valence electrons. The lowest BCUT2D eigenvalue weighted by Crippen LogP contribution is -2.13. The Kier molecular flexibility index (Phi) is 3.51. The number of nitrogens with zero attached hydrogens (tertiary/aromatic N) is 3. The van der Waals surface area contributed by atoms with Crippen LogP contribution in [-0.2, 0) is 0 Å². The van der Waals surface area contributed by atoms with Crippen molar-refractivity contribution in [3.63, 3.8) is 0 Å². The molecule has 0 aromatic carbocycles. The largest absolute Gasteiger partial charge is 0.306 e. The zero-order valence-electron chi connectivity index (χ0n) is 8.39. The van der Waals surface area contributed by atoms with Gasteiger partial charge in [0.15, 0.2) is 0 Å². The fourth-order valence-electron chi connectivity index (χ4n) is 1.14. The quantitative estimate of drug-likeness (QED) is 0.671. The number of amides is 1. The lowest BCUT2D eigenvalue weighted by Gasteiger charge is -2.04. The van der Waals surface area contributed by atoms with Gasteiger partial charge in [0.25, 0.3) is 5.91 Å².